The highest BCUT2D eigenvalue weighted by Crippen LogP contribution is 2.13. The Hall–Kier alpha value is -2.28. The first-order valence-corrected chi connectivity index (χ1v) is 8.96. The third-order valence-electron chi connectivity index (χ3n) is 4.19. The lowest BCUT2D eigenvalue weighted by Gasteiger charge is -2.26. The number of hydrogen-bond donors (Lipinski definition) is 0. The monoisotopic (exact) mass is 335 g/mol. The van der Waals surface area contributed by atoms with Crippen LogP contribution in [0.5, 0.6) is 5.75 Å². The van der Waals surface area contributed by atoms with Gasteiger partial charge in [0.1, 0.15) is 5.75 Å². The topological polar surface area (TPSA) is 21.7 Å². The fraction of sp³-hybridized carbons (Fsp3) is 0.364. The SMILES string of the molecule is C(#Cc1cccc(OCCCN2CCOCC2)c1)Cc1ccccc1. The lowest BCUT2D eigenvalue weighted by atomic mass is 10.1. The Labute approximate surface area is 150 Å². The van der Waals surface area contributed by atoms with Crippen LogP contribution in [0.1, 0.15) is 17.5 Å². The molecule has 1 fully saturated rings. The molecule has 130 valence electrons. The number of nitrogens with zero attached hydrogens (tertiary/aromatic N) is 1. The van der Waals surface area contributed by atoms with Crippen LogP contribution < -0.4 is 4.74 Å². The summed E-state index contributed by atoms with van der Waals surface area (Å²) in [5, 5.41) is 0. The quantitative estimate of drug-likeness (QED) is 0.597. The minimum Gasteiger partial charge on any atom is -0.494 e. The van der Waals surface area contributed by atoms with Crippen LogP contribution in [0.2, 0.25) is 0 Å². The molecule has 1 saturated heterocycles. The van der Waals surface area contributed by atoms with E-state index >= 15 is 0 Å². The average Bonchev–Trinajstić information content (AvgIpc) is 2.67. The third kappa shape index (κ3) is 6.26. The van der Waals surface area contributed by atoms with Gasteiger partial charge in [-0.25, -0.2) is 0 Å². The van der Waals surface area contributed by atoms with Crippen LogP contribution in [0.3, 0.4) is 0 Å². The van der Waals surface area contributed by atoms with Gasteiger partial charge in [-0.2, -0.15) is 0 Å². The van der Waals surface area contributed by atoms with E-state index in [-0.39, 0.29) is 0 Å². The predicted octanol–water partition coefficient (Wildman–Crippen LogP) is 3.38. The first kappa shape index (κ1) is 17.5. The molecule has 2 aromatic carbocycles. The maximum atomic E-state index is 5.88. The minimum atomic E-state index is 0.734. The molecule has 3 heteroatoms. The van der Waals surface area contributed by atoms with E-state index in [9.17, 15) is 0 Å². The number of morpholine rings is 1. The zero-order chi connectivity index (χ0) is 17.2. The second-order valence-electron chi connectivity index (χ2n) is 6.15. The van der Waals surface area contributed by atoms with E-state index in [1.54, 1.807) is 0 Å². The van der Waals surface area contributed by atoms with Crippen LogP contribution in [0.15, 0.2) is 54.6 Å². The smallest absolute Gasteiger partial charge is 0.120 e. The van der Waals surface area contributed by atoms with Gasteiger partial charge in [0.2, 0.25) is 0 Å². The van der Waals surface area contributed by atoms with E-state index in [1.165, 1.54) is 5.56 Å². The third-order valence-corrected chi connectivity index (χ3v) is 4.19. The number of rotatable bonds is 6. The number of benzene rings is 2. The molecule has 0 unspecified atom stereocenters. The van der Waals surface area contributed by atoms with E-state index < -0.39 is 0 Å². The van der Waals surface area contributed by atoms with Gasteiger partial charge in [0.25, 0.3) is 0 Å². The van der Waals surface area contributed by atoms with Gasteiger partial charge in [-0.3, -0.25) is 4.90 Å². The summed E-state index contributed by atoms with van der Waals surface area (Å²) in [6.45, 7) is 5.58. The Morgan fingerprint density at radius 3 is 2.68 bits per heavy atom. The second kappa shape index (κ2) is 9.88. The molecular weight excluding hydrogens is 310 g/mol. The molecule has 3 nitrogen and oxygen atoms in total. The van der Waals surface area contributed by atoms with Gasteiger partial charge in [-0.05, 0) is 30.2 Å². The van der Waals surface area contributed by atoms with Crippen molar-refractivity contribution >= 4 is 0 Å². The summed E-state index contributed by atoms with van der Waals surface area (Å²) in [6.07, 6.45) is 1.80. The summed E-state index contributed by atoms with van der Waals surface area (Å²) in [5.74, 6) is 7.35. The van der Waals surface area contributed by atoms with Gasteiger partial charge in [0.15, 0.2) is 0 Å². The number of ether oxygens (including phenoxy) is 2. The summed E-state index contributed by atoms with van der Waals surface area (Å²) in [4.78, 5) is 2.43. The van der Waals surface area contributed by atoms with Crippen LogP contribution in [0.25, 0.3) is 0 Å². The molecule has 2 aromatic rings. The lowest BCUT2D eigenvalue weighted by molar-refractivity contribution is 0.0358. The molecule has 1 aliphatic heterocycles. The number of hydrogen-bond acceptors (Lipinski definition) is 3. The van der Waals surface area contributed by atoms with Crippen molar-refractivity contribution in [2.45, 2.75) is 12.8 Å². The standard InChI is InChI=1S/C22H25NO2/c1-2-7-20(8-3-1)9-4-10-21-11-5-12-22(19-21)25-16-6-13-23-14-17-24-18-15-23/h1-3,5,7-8,11-12,19H,6,9,13-18H2. The predicted molar refractivity (Wildman–Crippen MR) is 101 cm³/mol. The molecule has 0 saturated carbocycles. The van der Waals surface area contributed by atoms with Crippen LogP contribution in [-0.2, 0) is 11.2 Å². The van der Waals surface area contributed by atoms with Gasteiger partial charge in [0, 0.05) is 31.6 Å². The Morgan fingerprint density at radius 2 is 1.84 bits per heavy atom. The summed E-state index contributed by atoms with van der Waals surface area (Å²) in [6, 6.07) is 18.4. The van der Waals surface area contributed by atoms with Crippen molar-refractivity contribution in [3.05, 3.63) is 65.7 Å². The fourth-order valence-corrected chi connectivity index (χ4v) is 2.81. The highest BCUT2D eigenvalue weighted by Gasteiger charge is 2.09. The van der Waals surface area contributed by atoms with E-state index in [1.807, 2.05) is 42.5 Å². The first-order chi connectivity index (χ1) is 12.4. The molecule has 0 radical (unpaired) electrons. The summed E-state index contributed by atoms with van der Waals surface area (Å²) in [7, 11) is 0. The summed E-state index contributed by atoms with van der Waals surface area (Å²) >= 11 is 0. The van der Waals surface area contributed by atoms with Crippen LogP contribution >= 0.6 is 0 Å². The van der Waals surface area contributed by atoms with Crippen molar-refractivity contribution in [2.24, 2.45) is 0 Å². The Balaban J connectivity index is 1.43. The molecular formula is C22H25NO2. The van der Waals surface area contributed by atoms with Crippen LogP contribution in [-0.4, -0.2) is 44.4 Å². The zero-order valence-electron chi connectivity index (χ0n) is 14.6. The van der Waals surface area contributed by atoms with Crippen molar-refractivity contribution in [2.75, 3.05) is 39.5 Å². The highest BCUT2D eigenvalue weighted by molar-refractivity contribution is 5.40. The minimum absolute atomic E-state index is 0.734. The van der Waals surface area contributed by atoms with Gasteiger partial charge in [-0.15, -0.1) is 0 Å². The van der Waals surface area contributed by atoms with Crippen molar-refractivity contribution in [3.63, 3.8) is 0 Å². The molecule has 0 amide bonds. The summed E-state index contributed by atoms with van der Waals surface area (Å²) < 4.78 is 11.2. The van der Waals surface area contributed by atoms with Gasteiger partial charge in [0.05, 0.1) is 19.8 Å². The molecule has 1 heterocycles. The van der Waals surface area contributed by atoms with Crippen molar-refractivity contribution in [1.82, 2.24) is 4.90 Å². The van der Waals surface area contributed by atoms with Crippen molar-refractivity contribution < 1.29 is 9.47 Å². The van der Waals surface area contributed by atoms with Gasteiger partial charge < -0.3 is 9.47 Å². The normalized spacial score (nSPS) is 14.6. The fourth-order valence-electron chi connectivity index (χ4n) is 2.81. The largest absolute Gasteiger partial charge is 0.494 e. The second-order valence-corrected chi connectivity index (χ2v) is 6.15. The highest BCUT2D eigenvalue weighted by atomic mass is 16.5. The van der Waals surface area contributed by atoms with Gasteiger partial charge in [-0.1, -0.05) is 48.2 Å². The Morgan fingerprint density at radius 1 is 1.00 bits per heavy atom. The molecule has 0 atom stereocenters. The average molecular weight is 335 g/mol. The molecule has 1 aliphatic rings. The van der Waals surface area contributed by atoms with Crippen LogP contribution in [0.4, 0.5) is 0 Å². The van der Waals surface area contributed by atoms with Crippen LogP contribution in [0, 0.1) is 11.8 Å². The molecule has 0 bridgehead atoms. The first-order valence-electron chi connectivity index (χ1n) is 8.96. The molecule has 3 rings (SSSR count). The lowest BCUT2D eigenvalue weighted by Crippen LogP contribution is -2.37. The van der Waals surface area contributed by atoms with E-state index in [0.717, 1.165) is 63.6 Å². The van der Waals surface area contributed by atoms with Gasteiger partial charge >= 0.3 is 0 Å². The molecule has 0 aromatic heterocycles. The summed E-state index contributed by atoms with van der Waals surface area (Å²) in [5.41, 5.74) is 2.24. The molecule has 0 spiro atoms. The Bertz CT molecular complexity index is 697. The van der Waals surface area contributed by atoms with Crippen molar-refractivity contribution in [3.8, 4) is 17.6 Å². The maximum absolute atomic E-state index is 5.88. The maximum Gasteiger partial charge on any atom is 0.120 e. The zero-order valence-corrected chi connectivity index (χ0v) is 14.6. The molecule has 0 aliphatic carbocycles. The van der Waals surface area contributed by atoms with E-state index in [2.05, 4.69) is 28.9 Å². The molecule has 0 N–H and O–H groups in total. The Kier molecular flexibility index (Phi) is 6.93. The van der Waals surface area contributed by atoms with E-state index in [4.69, 9.17) is 9.47 Å². The van der Waals surface area contributed by atoms with E-state index in [0.29, 0.717) is 0 Å². The van der Waals surface area contributed by atoms with Crippen molar-refractivity contribution in [1.29, 1.82) is 0 Å². The molecule has 25 heavy (non-hydrogen) atoms.